The predicted octanol–water partition coefficient (Wildman–Crippen LogP) is 5.98. The number of hydrogen-bond acceptors (Lipinski definition) is 5. The minimum Gasteiger partial charge on any atom is -0.497 e. The van der Waals surface area contributed by atoms with E-state index in [2.05, 4.69) is 23.2 Å². The second-order valence-electron chi connectivity index (χ2n) is 9.93. The van der Waals surface area contributed by atoms with Crippen molar-refractivity contribution in [2.75, 3.05) is 20.2 Å². The second kappa shape index (κ2) is 10.4. The number of nitrogens with zero attached hydrogens (tertiary/aromatic N) is 2. The van der Waals surface area contributed by atoms with E-state index < -0.39 is 5.60 Å². The summed E-state index contributed by atoms with van der Waals surface area (Å²) in [5.74, 6) is 1.49. The molecule has 6 heteroatoms. The molecule has 1 amide bonds. The summed E-state index contributed by atoms with van der Waals surface area (Å²) in [6, 6.07) is 16.4. The van der Waals surface area contributed by atoms with Gasteiger partial charge < -0.3 is 19.1 Å². The number of carbonyl (C=O) groups is 1. The average Bonchev–Trinajstić information content (AvgIpc) is 3.04. The Kier molecular flexibility index (Phi) is 7.29. The van der Waals surface area contributed by atoms with Crippen LogP contribution in [0.25, 0.3) is 11.1 Å². The van der Waals surface area contributed by atoms with E-state index >= 15 is 0 Å². The van der Waals surface area contributed by atoms with Crippen LogP contribution in [0.5, 0.6) is 11.5 Å². The van der Waals surface area contributed by atoms with E-state index in [-0.39, 0.29) is 6.09 Å². The van der Waals surface area contributed by atoms with E-state index in [1.807, 2.05) is 62.9 Å². The molecule has 0 saturated heterocycles. The van der Waals surface area contributed by atoms with E-state index in [1.54, 1.807) is 13.3 Å². The first-order valence-electron chi connectivity index (χ1n) is 12.0. The molecule has 0 aliphatic carbocycles. The van der Waals surface area contributed by atoms with Gasteiger partial charge in [-0.2, -0.15) is 0 Å². The van der Waals surface area contributed by atoms with Crippen LogP contribution in [0.3, 0.4) is 0 Å². The molecule has 1 aliphatic rings. The molecule has 0 fully saturated rings. The van der Waals surface area contributed by atoms with E-state index in [1.165, 1.54) is 11.1 Å². The standard InChI is InChI=1S/C29H34N2O4/c1-20-10-13-30-24(16-20)19-34-27-18-25(33-5)8-9-26(27)23-7-6-21-11-14-31(15-12-22(21)17-23)28(32)35-29(2,3)4/h6-10,13,16-18H,11-12,14-15,19H2,1-5H3. The van der Waals surface area contributed by atoms with Crippen molar-refractivity contribution in [3.05, 3.63) is 77.1 Å². The lowest BCUT2D eigenvalue weighted by Crippen LogP contribution is -2.38. The van der Waals surface area contributed by atoms with Crippen molar-refractivity contribution in [1.82, 2.24) is 9.88 Å². The third-order valence-corrected chi connectivity index (χ3v) is 6.01. The average molecular weight is 475 g/mol. The maximum Gasteiger partial charge on any atom is 0.410 e. The van der Waals surface area contributed by atoms with Crippen LogP contribution in [0.1, 0.15) is 43.2 Å². The van der Waals surface area contributed by atoms with Gasteiger partial charge in [-0.3, -0.25) is 4.98 Å². The van der Waals surface area contributed by atoms with Crippen molar-refractivity contribution in [3.8, 4) is 22.6 Å². The van der Waals surface area contributed by atoms with Crippen molar-refractivity contribution in [2.45, 2.75) is 52.7 Å². The first-order valence-corrected chi connectivity index (χ1v) is 12.0. The van der Waals surface area contributed by atoms with Gasteiger partial charge in [0, 0.05) is 30.9 Å². The number of aromatic nitrogens is 1. The Morgan fingerprint density at radius 1 is 1.00 bits per heavy atom. The van der Waals surface area contributed by atoms with Crippen LogP contribution in [0.15, 0.2) is 54.7 Å². The van der Waals surface area contributed by atoms with Gasteiger partial charge in [-0.05, 0) is 87.1 Å². The first kappa shape index (κ1) is 24.6. The van der Waals surface area contributed by atoms with Gasteiger partial charge in [0.2, 0.25) is 0 Å². The van der Waals surface area contributed by atoms with Crippen LogP contribution in [-0.4, -0.2) is 41.8 Å². The largest absolute Gasteiger partial charge is 0.497 e. The van der Waals surface area contributed by atoms with Crippen LogP contribution in [0, 0.1) is 6.92 Å². The van der Waals surface area contributed by atoms with E-state index in [0.29, 0.717) is 19.7 Å². The fourth-order valence-corrected chi connectivity index (χ4v) is 4.22. The number of ether oxygens (including phenoxy) is 3. The molecule has 6 nitrogen and oxygen atoms in total. The molecular weight excluding hydrogens is 440 g/mol. The summed E-state index contributed by atoms with van der Waals surface area (Å²) in [5.41, 5.74) is 6.11. The zero-order valence-corrected chi connectivity index (χ0v) is 21.3. The van der Waals surface area contributed by atoms with Crippen LogP contribution in [0.4, 0.5) is 4.79 Å². The Morgan fingerprint density at radius 2 is 1.77 bits per heavy atom. The molecule has 0 N–H and O–H groups in total. The molecule has 0 spiro atoms. The third-order valence-electron chi connectivity index (χ3n) is 6.01. The smallest absolute Gasteiger partial charge is 0.410 e. The molecule has 4 rings (SSSR count). The fraction of sp³-hybridized carbons (Fsp3) is 0.379. The number of aryl methyl sites for hydroxylation is 1. The lowest BCUT2D eigenvalue weighted by molar-refractivity contribution is 0.0258. The Labute approximate surface area is 207 Å². The number of hydrogen-bond donors (Lipinski definition) is 0. The highest BCUT2D eigenvalue weighted by atomic mass is 16.6. The maximum absolute atomic E-state index is 12.6. The van der Waals surface area contributed by atoms with Gasteiger partial charge in [0.15, 0.2) is 0 Å². The molecule has 35 heavy (non-hydrogen) atoms. The Bertz CT molecular complexity index is 1200. The summed E-state index contributed by atoms with van der Waals surface area (Å²) in [5, 5.41) is 0. The van der Waals surface area contributed by atoms with Gasteiger partial charge in [-0.15, -0.1) is 0 Å². The van der Waals surface area contributed by atoms with Crippen molar-refractivity contribution in [1.29, 1.82) is 0 Å². The van der Waals surface area contributed by atoms with Crippen LogP contribution < -0.4 is 9.47 Å². The van der Waals surface area contributed by atoms with Gasteiger partial charge >= 0.3 is 6.09 Å². The number of amides is 1. The molecule has 0 saturated carbocycles. The van der Waals surface area contributed by atoms with Gasteiger partial charge in [-0.1, -0.05) is 18.2 Å². The van der Waals surface area contributed by atoms with E-state index in [0.717, 1.165) is 46.7 Å². The molecule has 3 aromatic rings. The van der Waals surface area contributed by atoms with Crippen molar-refractivity contribution in [2.24, 2.45) is 0 Å². The normalized spacial score (nSPS) is 13.6. The van der Waals surface area contributed by atoms with Gasteiger partial charge in [0.25, 0.3) is 0 Å². The molecule has 0 radical (unpaired) electrons. The number of pyridine rings is 1. The zero-order chi connectivity index (χ0) is 25.0. The molecule has 1 aromatic heterocycles. The topological polar surface area (TPSA) is 60.9 Å². The van der Waals surface area contributed by atoms with Crippen molar-refractivity contribution >= 4 is 6.09 Å². The molecule has 184 valence electrons. The molecule has 0 bridgehead atoms. The number of fused-ring (bicyclic) bond motifs is 1. The van der Waals surface area contributed by atoms with Crippen molar-refractivity contribution < 1.29 is 19.0 Å². The van der Waals surface area contributed by atoms with Gasteiger partial charge in [0.05, 0.1) is 12.8 Å². The van der Waals surface area contributed by atoms with Crippen molar-refractivity contribution in [3.63, 3.8) is 0 Å². The Hall–Kier alpha value is -3.54. The molecule has 0 atom stereocenters. The monoisotopic (exact) mass is 474 g/mol. The number of rotatable bonds is 5. The maximum atomic E-state index is 12.6. The van der Waals surface area contributed by atoms with E-state index in [4.69, 9.17) is 14.2 Å². The summed E-state index contributed by atoms with van der Waals surface area (Å²) in [6.07, 6.45) is 3.14. The number of methoxy groups -OCH3 is 1. The molecule has 1 aliphatic heterocycles. The number of benzene rings is 2. The predicted molar refractivity (Wildman–Crippen MR) is 137 cm³/mol. The summed E-state index contributed by atoms with van der Waals surface area (Å²) < 4.78 is 17.3. The Balaban J connectivity index is 1.56. The summed E-state index contributed by atoms with van der Waals surface area (Å²) in [6.45, 7) is 9.39. The molecular formula is C29H34N2O4. The fourth-order valence-electron chi connectivity index (χ4n) is 4.22. The molecule has 0 unspecified atom stereocenters. The highest BCUT2D eigenvalue weighted by Gasteiger charge is 2.24. The summed E-state index contributed by atoms with van der Waals surface area (Å²) in [4.78, 5) is 18.8. The summed E-state index contributed by atoms with van der Waals surface area (Å²) >= 11 is 0. The van der Waals surface area contributed by atoms with Crippen LogP contribution in [-0.2, 0) is 24.2 Å². The lowest BCUT2D eigenvalue weighted by Gasteiger charge is -2.26. The SMILES string of the molecule is COc1ccc(-c2ccc3c(c2)CCN(C(=O)OC(C)(C)C)CC3)c(OCc2cc(C)ccn2)c1. The minimum absolute atomic E-state index is 0.249. The van der Waals surface area contributed by atoms with E-state index in [9.17, 15) is 4.79 Å². The quantitative estimate of drug-likeness (QED) is 0.455. The molecule has 2 aromatic carbocycles. The molecule has 2 heterocycles. The summed E-state index contributed by atoms with van der Waals surface area (Å²) in [7, 11) is 1.65. The van der Waals surface area contributed by atoms with Gasteiger partial charge in [0.1, 0.15) is 23.7 Å². The Morgan fingerprint density at radius 3 is 2.49 bits per heavy atom. The highest BCUT2D eigenvalue weighted by Crippen LogP contribution is 2.35. The number of carbonyl (C=O) groups excluding carboxylic acids is 1. The highest BCUT2D eigenvalue weighted by molar-refractivity contribution is 5.73. The minimum atomic E-state index is -0.498. The zero-order valence-electron chi connectivity index (χ0n) is 21.3. The van der Waals surface area contributed by atoms with Gasteiger partial charge in [-0.25, -0.2) is 4.79 Å². The second-order valence-corrected chi connectivity index (χ2v) is 9.93. The van der Waals surface area contributed by atoms with Crippen LogP contribution >= 0.6 is 0 Å². The lowest BCUT2D eigenvalue weighted by atomic mass is 9.96. The van der Waals surface area contributed by atoms with Crippen LogP contribution in [0.2, 0.25) is 0 Å². The third kappa shape index (κ3) is 6.32. The first-order chi connectivity index (χ1) is 16.7.